The van der Waals surface area contributed by atoms with Crippen LogP contribution >= 0.6 is 11.3 Å². The summed E-state index contributed by atoms with van der Waals surface area (Å²) in [6.45, 7) is 1.56. The molecule has 0 aliphatic rings. The summed E-state index contributed by atoms with van der Waals surface area (Å²) in [6.07, 6.45) is 0.0521. The van der Waals surface area contributed by atoms with Crippen molar-refractivity contribution < 1.29 is 14.5 Å². The number of carbonyl (C=O) groups excluding carboxylic acids is 2. The number of rotatable bonds is 5. The average Bonchev–Trinajstić information content (AvgIpc) is 2.91. The van der Waals surface area contributed by atoms with Crippen LogP contribution in [0.1, 0.15) is 13.3 Å². The van der Waals surface area contributed by atoms with E-state index in [1.807, 2.05) is 30.3 Å². The maximum absolute atomic E-state index is 11.6. The van der Waals surface area contributed by atoms with E-state index in [1.165, 1.54) is 6.07 Å². The fraction of sp³-hybridized carbons (Fsp3) is 0.143. The van der Waals surface area contributed by atoms with E-state index in [0.717, 1.165) is 16.9 Å². The normalized spacial score (nSPS) is 10.1. The predicted molar refractivity (Wildman–Crippen MR) is 80.3 cm³/mol. The lowest BCUT2D eigenvalue weighted by Crippen LogP contribution is -2.21. The van der Waals surface area contributed by atoms with Crippen LogP contribution in [0.5, 0.6) is 0 Å². The molecule has 0 aliphatic heterocycles. The second kappa shape index (κ2) is 6.27. The molecular formula is C14H12N2O4S. The number of anilines is 1. The molecule has 7 heteroatoms. The molecule has 1 aromatic carbocycles. The second-order valence-electron chi connectivity index (χ2n) is 4.18. The van der Waals surface area contributed by atoms with Gasteiger partial charge in [0.1, 0.15) is 0 Å². The smallest absolute Gasteiger partial charge is 0.304 e. The quantitative estimate of drug-likeness (QED) is 0.521. The van der Waals surface area contributed by atoms with E-state index in [0.29, 0.717) is 4.88 Å². The van der Waals surface area contributed by atoms with Crippen molar-refractivity contribution in [1.29, 1.82) is 0 Å². The van der Waals surface area contributed by atoms with E-state index in [2.05, 4.69) is 5.32 Å². The van der Waals surface area contributed by atoms with E-state index in [9.17, 15) is 19.7 Å². The van der Waals surface area contributed by atoms with Crippen molar-refractivity contribution in [2.75, 3.05) is 5.32 Å². The number of carbonyl (C=O) groups is 2. The third-order valence-corrected chi connectivity index (χ3v) is 3.86. The van der Waals surface area contributed by atoms with Gasteiger partial charge in [-0.25, -0.2) is 0 Å². The number of thiophene rings is 1. The summed E-state index contributed by atoms with van der Waals surface area (Å²) in [7, 11) is 0. The van der Waals surface area contributed by atoms with Crippen LogP contribution in [-0.2, 0) is 9.59 Å². The minimum Gasteiger partial charge on any atom is -0.305 e. The monoisotopic (exact) mass is 304 g/mol. The highest BCUT2D eigenvalue weighted by molar-refractivity contribution is 7.20. The molecule has 0 aliphatic carbocycles. The number of ketones is 1. The third kappa shape index (κ3) is 3.32. The van der Waals surface area contributed by atoms with Crippen molar-refractivity contribution in [2.45, 2.75) is 13.3 Å². The molecule has 6 nitrogen and oxygen atoms in total. The molecule has 0 fully saturated rings. The SMILES string of the molecule is CCC(=O)C(=O)Nc1sc(-c2ccccc2)cc1[N+](=O)[O-]. The Kier molecular flexibility index (Phi) is 4.44. The molecule has 0 unspecified atom stereocenters. The van der Waals surface area contributed by atoms with Crippen LogP contribution in [0.2, 0.25) is 0 Å². The van der Waals surface area contributed by atoms with Crippen LogP contribution in [0.4, 0.5) is 10.7 Å². The zero-order valence-electron chi connectivity index (χ0n) is 11.2. The Hall–Kier alpha value is -2.54. The van der Waals surface area contributed by atoms with E-state index in [4.69, 9.17) is 0 Å². The summed E-state index contributed by atoms with van der Waals surface area (Å²) in [6, 6.07) is 10.5. The number of Topliss-reactive ketones (excluding diaryl/α,β-unsaturated/α-hetero) is 1. The number of benzene rings is 1. The summed E-state index contributed by atoms with van der Waals surface area (Å²) in [5.41, 5.74) is 0.601. The van der Waals surface area contributed by atoms with Gasteiger partial charge in [-0.15, -0.1) is 11.3 Å². The molecule has 0 bridgehead atoms. The van der Waals surface area contributed by atoms with Crippen LogP contribution in [0.25, 0.3) is 10.4 Å². The van der Waals surface area contributed by atoms with E-state index >= 15 is 0 Å². The van der Waals surface area contributed by atoms with Crippen molar-refractivity contribution in [3.05, 3.63) is 46.5 Å². The number of nitrogens with zero attached hydrogens (tertiary/aromatic N) is 1. The highest BCUT2D eigenvalue weighted by Gasteiger charge is 2.23. The van der Waals surface area contributed by atoms with Crippen molar-refractivity contribution >= 4 is 33.7 Å². The number of hydrogen-bond donors (Lipinski definition) is 1. The first-order chi connectivity index (χ1) is 10.0. The van der Waals surface area contributed by atoms with Crippen molar-refractivity contribution in [1.82, 2.24) is 0 Å². The molecule has 1 N–H and O–H groups in total. The van der Waals surface area contributed by atoms with Gasteiger partial charge in [0.2, 0.25) is 5.78 Å². The van der Waals surface area contributed by atoms with Crippen LogP contribution in [-0.4, -0.2) is 16.6 Å². The first kappa shape index (κ1) is 14.9. The first-order valence-electron chi connectivity index (χ1n) is 6.20. The van der Waals surface area contributed by atoms with E-state index < -0.39 is 16.6 Å². The molecule has 2 aromatic rings. The standard InChI is InChI=1S/C14H12N2O4S/c1-2-11(17)13(18)15-14-10(16(19)20)8-12(21-14)9-6-4-3-5-7-9/h3-8H,2H2,1H3,(H,15,18). The predicted octanol–water partition coefficient (Wildman–Crippen LogP) is 3.24. The summed E-state index contributed by atoms with van der Waals surface area (Å²) >= 11 is 1.07. The van der Waals surface area contributed by atoms with Crippen molar-refractivity contribution in [3.8, 4) is 10.4 Å². The molecule has 0 saturated carbocycles. The van der Waals surface area contributed by atoms with Gasteiger partial charge in [-0.05, 0) is 5.56 Å². The summed E-state index contributed by atoms with van der Waals surface area (Å²) in [5.74, 6) is -1.44. The lowest BCUT2D eigenvalue weighted by molar-refractivity contribution is -0.383. The fourth-order valence-corrected chi connectivity index (χ4v) is 2.71. The third-order valence-electron chi connectivity index (χ3n) is 2.77. The van der Waals surface area contributed by atoms with Crippen LogP contribution in [0.15, 0.2) is 36.4 Å². The van der Waals surface area contributed by atoms with Gasteiger partial charge >= 0.3 is 5.69 Å². The van der Waals surface area contributed by atoms with Gasteiger partial charge in [-0.2, -0.15) is 0 Å². The molecule has 108 valence electrons. The van der Waals surface area contributed by atoms with Gasteiger partial charge in [0.05, 0.1) is 4.92 Å². The van der Waals surface area contributed by atoms with Crippen LogP contribution < -0.4 is 5.32 Å². The highest BCUT2D eigenvalue weighted by Crippen LogP contribution is 2.40. The molecule has 21 heavy (non-hydrogen) atoms. The van der Waals surface area contributed by atoms with Gasteiger partial charge < -0.3 is 5.32 Å². The minimum atomic E-state index is -0.831. The van der Waals surface area contributed by atoms with Gasteiger partial charge in [-0.3, -0.25) is 19.7 Å². The van der Waals surface area contributed by atoms with Gasteiger partial charge in [0, 0.05) is 17.4 Å². The Labute approximate surface area is 124 Å². The minimum absolute atomic E-state index is 0.0521. The van der Waals surface area contributed by atoms with Crippen molar-refractivity contribution in [3.63, 3.8) is 0 Å². The molecule has 0 spiro atoms. The summed E-state index contributed by atoms with van der Waals surface area (Å²) < 4.78 is 0. The molecule has 1 amide bonds. The van der Waals surface area contributed by atoms with Crippen LogP contribution in [0.3, 0.4) is 0 Å². The first-order valence-corrected chi connectivity index (χ1v) is 7.02. The molecule has 0 radical (unpaired) electrons. The van der Waals surface area contributed by atoms with Gasteiger partial charge in [0.25, 0.3) is 5.91 Å². The second-order valence-corrected chi connectivity index (χ2v) is 5.23. The van der Waals surface area contributed by atoms with Crippen molar-refractivity contribution in [2.24, 2.45) is 0 Å². The number of amides is 1. The summed E-state index contributed by atoms with van der Waals surface area (Å²) in [4.78, 5) is 34.0. The lowest BCUT2D eigenvalue weighted by atomic mass is 10.2. The average molecular weight is 304 g/mol. The molecule has 0 saturated heterocycles. The molecule has 0 atom stereocenters. The van der Waals surface area contributed by atoms with Gasteiger partial charge in [0.15, 0.2) is 5.00 Å². The van der Waals surface area contributed by atoms with Crippen LogP contribution in [0, 0.1) is 10.1 Å². The zero-order chi connectivity index (χ0) is 15.4. The number of hydrogen-bond acceptors (Lipinski definition) is 5. The Morgan fingerprint density at radius 1 is 1.29 bits per heavy atom. The largest absolute Gasteiger partial charge is 0.305 e. The van der Waals surface area contributed by atoms with Gasteiger partial charge in [-0.1, -0.05) is 37.3 Å². The maximum Gasteiger partial charge on any atom is 0.304 e. The number of nitrogens with one attached hydrogen (secondary N) is 1. The fourth-order valence-electron chi connectivity index (χ4n) is 1.68. The zero-order valence-corrected chi connectivity index (χ0v) is 12.0. The molecule has 1 heterocycles. The molecule has 1 aromatic heterocycles. The lowest BCUT2D eigenvalue weighted by Gasteiger charge is -1.99. The Balaban J connectivity index is 2.37. The highest BCUT2D eigenvalue weighted by atomic mass is 32.1. The molecular weight excluding hydrogens is 292 g/mol. The maximum atomic E-state index is 11.6. The molecule has 2 rings (SSSR count). The Morgan fingerprint density at radius 3 is 2.52 bits per heavy atom. The van der Waals surface area contributed by atoms with E-state index in [1.54, 1.807) is 6.92 Å². The Bertz CT molecular complexity index is 694. The van der Waals surface area contributed by atoms with E-state index in [-0.39, 0.29) is 17.1 Å². The topological polar surface area (TPSA) is 89.3 Å². The Morgan fingerprint density at radius 2 is 1.95 bits per heavy atom. The summed E-state index contributed by atoms with van der Waals surface area (Å²) in [5, 5.41) is 13.5. The number of nitro groups is 1.